The summed E-state index contributed by atoms with van der Waals surface area (Å²) in [5.74, 6) is 0. The monoisotopic (exact) mass is 347 g/mol. The second kappa shape index (κ2) is 6.37. The number of aryl methyl sites for hydroxylation is 2. The van der Waals surface area contributed by atoms with E-state index in [0.717, 1.165) is 22.9 Å². The quantitative estimate of drug-likeness (QED) is 0.801. The average Bonchev–Trinajstić information content (AvgIpc) is 2.26. The molecule has 0 radical (unpaired) electrons. The van der Waals surface area contributed by atoms with Crippen LogP contribution in [0.5, 0.6) is 0 Å². The fourth-order valence-corrected chi connectivity index (χ4v) is 4.35. The molecule has 0 bridgehead atoms. The van der Waals surface area contributed by atoms with Crippen molar-refractivity contribution in [2.45, 2.75) is 39.0 Å². The molecule has 3 nitrogen and oxygen atoms in total. The minimum atomic E-state index is -3.42. The van der Waals surface area contributed by atoms with E-state index in [2.05, 4.69) is 34.5 Å². The van der Waals surface area contributed by atoms with Gasteiger partial charge in [-0.2, -0.15) is 0 Å². The normalized spacial score (nSPS) is 12.7. The highest BCUT2D eigenvalue weighted by molar-refractivity contribution is 9.09. The second-order valence-electron chi connectivity index (χ2n) is 5.70. The molecule has 0 saturated carbocycles. The maximum absolute atomic E-state index is 12.3. The number of nitrogens with one attached hydrogen (secondary N) is 1. The summed E-state index contributed by atoms with van der Waals surface area (Å²) in [5.41, 5.74) is 1.79. The van der Waals surface area contributed by atoms with E-state index in [-0.39, 0.29) is 5.41 Å². The van der Waals surface area contributed by atoms with E-state index in [1.165, 1.54) is 0 Å². The lowest BCUT2D eigenvalue weighted by molar-refractivity contribution is 0.354. The Labute approximate surface area is 125 Å². The maximum atomic E-state index is 12.3. The summed E-state index contributed by atoms with van der Waals surface area (Å²) in [7, 11) is -3.42. The summed E-state index contributed by atoms with van der Waals surface area (Å²) in [4.78, 5) is 0.368. The fraction of sp³-hybridized carbons (Fsp3) is 0.571. The van der Waals surface area contributed by atoms with Gasteiger partial charge >= 0.3 is 0 Å². The van der Waals surface area contributed by atoms with Gasteiger partial charge in [-0.3, -0.25) is 0 Å². The Morgan fingerprint density at radius 2 is 1.89 bits per heavy atom. The van der Waals surface area contributed by atoms with E-state index in [1.54, 1.807) is 6.07 Å². The molecule has 1 rings (SSSR count). The Morgan fingerprint density at radius 3 is 2.42 bits per heavy atom. The first kappa shape index (κ1) is 16.7. The lowest BCUT2D eigenvalue weighted by atomic mass is 9.91. The third-order valence-electron chi connectivity index (χ3n) is 3.13. The SMILES string of the molecule is Cc1ccc(S(=O)(=O)NCC(C)(C)CCBr)c(C)c1. The number of hydrogen-bond donors (Lipinski definition) is 1. The van der Waals surface area contributed by atoms with Gasteiger partial charge < -0.3 is 0 Å². The first-order valence-electron chi connectivity index (χ1n) is 6.31. The molecule has 0 aliphatic rings. The Kier molecular flexibility index (Phi) is 5.59. The molecule has 1 aromatic carbocycles. The summed E-state index contributed by atoms with van der Waals surface area (Å²) in [6.07, 6.45) is 0.919. The van der Waals surface area contributed by atoms with Crippen molar-refractivity contribution in [3.05, 3.63) is 29.3 Å². The van der Waals surface area contributed by atoms with Crippen molar-refractivity contribution in [3.63, 3.8) is 0 Å². The molecule has 0 aromatic heterocycles. The highest BCUT2D eigenvalue weighted by Gasteiger charge is 2.22. The molecule has 0 aliphatic heterocycles. The molecular weight excluding hydrogens is 326 g/mol. The van der Waals surface area contributed by atoms with Crippen molar-refractivity contribution in [2.75, 3.05) is 11.9 Å². The van der Waals surface area contributed by atoms with Crippen LogP contribution in [-0.2, 0) is 10.0 Å². The van der Waals surface area contributed by atoms with Gasteiger partial charge in [-0.25, -0.2) is 13.1 Å². The van der Waals surface area contributed by atoms with E-state index >= 15 is 0 Å². The van der Waals surface area contributed by atoms with Crippen LogP contribution in [0.1, 0.15) is 31.4 Å². The number of hydrogen-bond acceptors (Lipinski definition) is 2. The number of rotatable bonds is 6. The molecule has 0 heterocycles. The van der Waals surface area contributed by atoms with Crippen LogP contribution in [0.3, 0.4) is 0 Å². The van der Waals surface area contributed by atoms with Crippen LogP contribution in [0, 0.1) is 19.3 Å². The van der Waals surface area contributed by atoms with Gasteiger partial charge in [-0.1, -0.05) is 47.5 Å². The number of alkyl halides is 1. The van der Waals surface area contributed by atoms with Gasteiger partial charge in [-0.15, -0.1) is 0 Å². The number of sulfonamides is 1. The molecule has 0 atom stereocenters. The Morgan fingerprint density at radius 1 is 1.26 bits per heavy atom. The lowest BCUT2D eigenvalue weighted by Gasteiger charge is -2.24. The number of halogens is 1. The summed E-state index contributed by atoms with van der Waals surface area (Å²) in [6.45, 7) is 8.33. The zero-order chi connectivity index (χ0) is 14.7. The van der Waals surface area contributed by atoms with Gasteiger partial charge in [0.15, 0.2) is 0 Å². The van der Waals surface area contributed by atoms with E-state index in [4.69, 9.17) is 0 Å². The third kappa shape index (κ3) is 4.89. The predicted molar refractivity (Wildman–Crippen MR) is 83.3 cm³/mol. The van der Waals surface area contributed by atoms with E-state index in [0.29, 0.717) is 11.4 Å². The van der Waals surface area contributed by atoms with Crippen LogP contribution in [0.15, 0.2) is 23.1 Å². The molecule has 19 heavy (non-hydrogen) atoms. The molecule has 108 valence electrons. The molecule has 0 amide bonds. The van der Waals surface area contributed by atoms with Gasteiger partial charge in [0.2, 0.25) is 10.0 Å². The molecule has 1 N–H and O–H groups in total. The highest BCUT2D eigenvalue weighted by Crippen LogP contribution is 2.22. The van der Waals surface area contributed by atoms with Crippen LogP contribution in [0.4, 0.5) is 0 Å². The minimum absolute atomic E-state index is 0.0603. The largest absolute Gasteiger partial charge is 0.240 e. The molecule has 0 saturated heterocycles. The standard InChI is InChI=1S/C14H22BrNO2S/c1-11-5-6-13(12(2)9-11)19(17,18)16-10-14(3,4)7-8-15/h5-6,9,16H,7-8,10H2,1-4H3. The van der Waals surface area contributed by atoms with Crippen molar-refractivity contribution in [3.8, 4) is 0 Å². The van der Waals surface area contributed by atoms with Crippen LogP contribution < -0.4 is 4.72 Å². The first-order valence-corrected chi connectivity index (χ1v) is 8.91. The molecular formula is C14H22BrNO2S. The summed E-state index contributed by atoms with van der Waals surface area (Å²) in [6, 6.07) is 5.38. The zero-order valence-corrected chi connectivity index (χ0v) is 14.4. The molecule has 1 aromatic rings. The average molecular weight is 348 g/mol. The predicted octanol–water partition coefficient (Wildman–Crippen LogP) is 3.39. The van der Waals surface area contributed by atoms with E-state index in [1.807, 2.05) is 26.0 Å². The first-order chi connectivity index (χ1) is 8.68. The van der Waals surface area contributed by atoms with Crippen LogP contribution in [0.2, 0.25) is 0 Å². The molecule has 0 fully saturated rings. The Hall–Kier alpha value is -0.390. The topological polar surface area (TPSA) is 46.2 Å². The smallest absolute Gasteiger partial charge is 0.211 e. The van der Waals surface area contributed by atoms with Gasteiger partial charge in [0.05, 0.1) is 4.90 Å². The van der Waals surface area contributed by atoms with Crippen LogP contribution >= 0.6 is 15.9 Å². The van der Waals surface area contributed by atoms with E-state index < -0.39 is 10.0 Å². The van der Waals surface area contributed by atoms with Crippen LogP contribution in [0.25, 0.3) is 0 Å². The van der Waals surface area contributed by atoms with Gasteiger partial charge in [0.1, 0.15) is 0 Å². The van der Waals surface area contributed by atoms with Gasteiger partial charge in [0, 0.05) is 11.9 Å². The third-order valence-corrected chi connectivity index (χ3v) is 5.09. The lowest BCUT2D eigenvalue weighted by Crippen LogP contribution is -2.34. The number of benzene rings is 1. The van der Waals surface area contributed by atoms with Crippen molar-refractivity contribution in [2.24, 2.45) is 5.41 Å². The molecule has 0 unspecified atom stereocenters. The molecule has 5 heteroatoms. The maximum Gasteiger partial charge on any atom is 0.240 e. The van der Waals surface area contributed by atoms with Crippen molar-refractivity contribution < 1.29 is 8.42 Å². The molecule has 0 aliphatic carbocycles. The highest BCUT2D eigenvalue weighted by atomic mass is 79.9. The minimum Gasteiger partial charge on any atom is -0.211 e. The Bertz CT molecular complexity index is 538. The fourth-order valence-electron chi connectivity index (χ4n) is 1.81. The second-order valence-corrected chi connectivity index (χ2v) is 8.23. The molecule has 0 spiro atoms. The van der Waals surface area contributed by atoms with Crippen LogP contribution in [-0.4, -0.2) is 20.3 Å². The van der Waals surface area contributed by atoms with Crippen molar-refractivity contribution >= 4 is 26.0 Å². The zero-order valence-electron chi connectivity index (χ0n) is 12.0. The summed E-state index contributed by atoms with van der Waals surface area (Å²) >= 11 is 3.39. The van der Waals surface area contributed by atoms with Crippen molar-refractivity contribution in [1.29, 1.82) is 0 Å². The van der Waals surface area contributed by atoms with E-state index in [9.17, 15) is 8.42 Å². The summed E-state index contributed by atoms with van der Waals surface area (Å²) < 4.78 is 27.3. The van der Waals surface area contributed by atoms with Crippen molar-refractivity contribution in [1.82, 2.24) is 4.72 Å². The van der Waals surface area contributed by atoms with Gasteiger partial charge in [-0.05, 0) is 37.3 Å². The summed E-state index contributed by atoms with van der Waals surface area (Å²) in [5, 5.41) is 0.866. The Balaban J connectivity index is 2.87. The van der Waals surface area contributed by atoms with Gasteiger partial charge in [0.25, 0.3) is 0 Å².